The lowest BCUT2D eigenvalue weighted by atomic mass is 10.3. The van der Waals surface area contributed by atoms with E-state index in [1.807, 2.05) is 32.0 Å². The van der Waals surface area contributed by atoms with Crippen LogP contribution in [0.4, 0.5) is 0 Å². The average Bonchev–Trinajstić information content (AvgIpc) is 2.46. The first kappa shape index (κ1) is 14.0. The highest BCUT2D eigenvalue weighted by Crippen LogP contribution is 2.08. The molecule has 0 aliphatic heterocycles. The molecule has 1 amide bonds. The van der Waals surface area contributed by atoms with Crippen molar-refractivity contribution in [1.29, 1.82) is 0 Å². The summed E-state index contributed by atoms with van der Waals surface area (Å²) in [5.41, 5.74) is 1.23. The van der Waals surface area contributed by atoms with Crippen molar-refractivity contribution >= 4 is 5.91 Å². The molecular weight excluding hydrogens is 254 g/mol. The van der Waals surface area contributed by atoms with Crippen molar-refractivity contribution in [2.24, 2.45) is 0 Å². The summed E-state index contributed by atoms with van der Waals surface area (Å²) in [6.07, 6.45) is 3.18. The Bertz CT molecular complexity index is 572. The average molecular weight is 271 g/mol. The maximum Gasteiger partial charge on any atom is 0.270 e. The summed E-state index contributed by atoms with van der Waals surface area (Å²) in [4.78, 5) is 20.1. The normalized spacial score (nSPS) is 11.7. The molecule has 0 bridgehead atoms. The number of carbonyl (C=O) groups excluding carboxylic acids is 1. The van der Waals surface area contributed by atoms with Gasteiger partial charge < -0.3 is 10.1 Å². The summed E-state index contributed by atoms with van der Waals surface area (Å²) in [5.74, 6) is 0.485. The lowest BCUT2D eigenvalue weighted by Gasteiger charge is -2.15. The van der Waals surface area contributed by atoms with Crippen LogP contribution >= 0.6 is 0 Å². The fourth-order valence-corrected chi connectivity index (χ4v) is 1.69. The standard InChI is InChI=1S/C15H17N3O2/c1-11-5-3-7-14(18-11)15(19)17-9-12(2)20-13-6-4-8-16-10-13/h3-8,10,12H,9H2,1-2H3,(H,17,19)/t12-/m0/s1. The van der Waals surface area contributed by atoms with Crippen LogP contribution in [-0.4, -0.2) is 28.5 Å². The predicted molar refractivity (Wildman–Crippen MR) is 75.6 cm³/mol. The second kappa shape index (κ2) is 6.65. The number of nitrogens with zero attached hydrogens (tertiary/aromatic N) is 2. The number of carbonyl (C=O) groups is 1. The Balaban J connectivity index is 1.84. The number of hydrogen-bond acceptors (Lipinski definition) is 4. The van der Waals surface area contributed by atoms with E-state index in [1.54, 1.807) is 24.5 Å². The van der Waals surface area contributed by atoms with Crippen molar-refractivity contribution in [3.8, 4) is 5.75 Å². The van der Waals surface area contributed by atoms with E-state index in [1.165, 1.54) is 0 Å². The fourth-order valence-electron chi connectivity index (χ4n) is 1.69. The minimum atomic E-state index is -0.199. The highest BCUT2D eigenvalue weighted by Gasteiger charge is 2.10. The highest BCUT2D eigenvalue weighted by molar-refractivity contribution is 5.92. The van der Waals surface area contributed by atoms with Crippen LogP contribution in [0.1, 0.15) is 23.1 Å². The highest BCUT2D eigenvalue weighted by atomic mass is 16.5. The van der Waals surface area contributed by atoms with Gasteiger partial charge in [0.1, 0.15) is 17.5 Å². The van der Waals surface area contributed by atoms with E-state index in [0.29, 0.717) is 18.0 Å². The topological polar surface area (TPSA) is 64.1 Å². The first-order valence-electron chi connectivity index (χ1n) is 6.43. The molecule has 2 heterocycles. The van der Waals surface area contributed by atoms with E-state index in [2.05, 4.69) is 15.3 Å². The van der Waals surface area contributed by atoms with Crippen LogP contribution in [0.3, 0.4) is 0 Å². The van der Waals surface area contributed by atoms with Crippen LogP contribution in [0.25, 0.3) is 0 Å². The van der Waals surface area contributed by atoms with Gasteiger partial charge in [0.25, 0.3) is 5.91 Å². The zero-order chi connectivity index (χ0) is 14.4. The van der Waals surface area contributed by atoms with Gasteiger partial charge in [0, 0.05) is 11.9 Å². The third kappa shape index (κ3) is 4.05. The Morgan fingerprint density at radius 1 is 1.35 bits per heavy atom. The van der Waals surface area contributed by atoms with Gasteiger partial charge in [0.15, 0.2) is 0 Å². The SMILES string of the molecule is Cc1cccc(C(=O)NC[C@H](C)Oc2cccnc2)n1. The molecule has 2 rings (SSSR count). The van der Waals surface area contributed by atoms with Gasteiger partial charge in [-0.1, -0.05) is 6.07 Å². The Hall–Kier alpha value is -2.43. The van der Waals surface area contributed by atoms with Crippen molar-refractivity contribution < 1.29 is 9.53 Å². The van der Waals surface area contributed by atoms with Gasteiger partial charge >= 0.3 is 0 Å². The zero-order valence-corrected chi connectivity index (χ0v) is 11.5. The molecule has 0 aliphatic rings. The number of nitrogens with one attached hydrogen (secondary N) is 1. The van der Waals surface area contributed by atoms with Gasteiger partial charge in [-0.05, 0) is 38.1 Å². The van der Waals surface area contributed by atoms with Gasteiger partial charge in [0.05, 0.1) is 12.7 Å². The maximum atomic E-state index is 11.9. The smallest absolute Gasteiger partial charge is 0.270 e. The minimum Gasteiger partial charge on any atom is -0.487 e. The van der Waals surface area contributed by atoms with E-state index in [4.69, 9.17) is 4.74 Å². The number of ether oxygens (including phenoxy) is 1. The number of rotatable bonds is 5. The van der Waals surface area contributed by atoms with E-state index in [0.717, 1.165) is 5.69 Å². The molecule has 0 saturated heterocycles. The summed E-state index contributed by atoms with van der Waals surface area (Å²) in [6, 6.07) is 8.98. The van der Waals surface area contributed by atoms with Crippen LogP contribution in [0.2, 0.25) is 0 Å². The third-order valence-corrected chi connectivity index (χ3v) is 2.64. The molecule has 104 valence electrons. The van der Waals surface area contributed by atoms with Gasteiger partial charge in [0.2, 0.25) is 0 Å². The van der Waals surface area contributed by atoms with Crippen LogP contribution in [0.15, 0.2) is 42.7 Å². The van der Waals surface area contributed by atoms with Crippen LogP contribution in [0.5, 0.6) is 5.75 Å². The molecule has 2 aromatic rings. The lowest BCUT2D eigenvalue weighted by molar-refractivity contribution is 0.0927. The molecule has 0 fully saturated rings. The maximum absolute atomic E-state index is 11.9. The molecule has 1 N–H and O–H groups in total. The van der Waals surface area contributed by atoms with E-state index in [-0.39, 0.29) is 12.0 Å². The van der Waals surface area contributed by atoms with Crippen molar-refractivity contribution in [2.75, 3.05) is 6.54 Å². The Morgan fingerprint density at radius 3 is 2.90 bits per heavy atom. The molecule has 5 nitrogen and oxygen atoms in total. The summed E-state index contributed by atoms with van der Waals surface area (Å²) >= 11 is 0. The Kier molecular flexibility index (Phi) is 4.65. The molecule has 0 saturated carbocycles. The fraction of sp³-hybridized carbons (Fsp3) is 0.267. The molecule has 5 heteroatoms. The minimum absolute atomic E-state index is 0.145. The van der Waals surface area contributed by atoms with Gasteiger partial charge in [-0.15, -0.1) is 0 Å². The first-order valence-corrected chi connectivity index (χ1v) is 6.43. The summed E-state index contributed by atoms with van der Waals surface area (Å²) in [7, 11) is 0. The molecule has 2 aromatic heterocycles. The largest absolute Gasteiger partial charge is 0.487 e. The number of amides is 1. The van der Waals surface area contributed by atoms with Crippen molar-refractivity contribution in [1.82, 2.24) is 15.3 Å². The van der Waals surface area contributed by atoms with E-state index < -0.39 is 0 Å². The number of hydrogen-bond donors (Lipinski definition) is 1. The van der Waals surface area contributed by atoms with Crippen molar-refractivity contribution in [3.05, 3.63) is 54.1 Å². The number of aryl methyl sites for hydroxylation is 1. The quantitative estimate of drug-likeness (QED) is 0.903. The Labute approximate surface area is 118 Å². The third-order valence-electron chi connectivity index (χ3n) is 2.64. The summed E-state index contributed by atoms with van der Waals surface area (Å²) in [5, 5.41) is 2.80. The molecule has 0 aliphatic carbocycles. The molecule has 1 atom stereocenters. The summed E-state index contributed by atoms with van der Waals surface area (Å²) in [6.45, 7) is 4.14. The van der Waals surface area contributed by atoms with Crippen LogP contribution in [-0.2, 0) is 0 Å². The molecule has 0 radical (unpaired) electrons. The van der Waals surface area contributed by atoms with E-state index >= 15 is 0 Å². The lowest BCUT2D eigenvalue weighted by Crippen LogP contribution is -2.34. The predicted octanol–water partition coefficient (Wildman–Crippen LogP) is 1.98. The van der Waals surface area contributed by atoms with Gasteiger partial charge in [-0.25, -0.2) is 4.98 Å². The molecule has 0 spiro atoms. The second-order valence-corrected chi connectivity index (χ2v) is 4.49. The summed E-state index contributed by atoms with van der Waals surface area (Å²) < 4.78 is 5.63. The molecule has 0 aromatic carbocycles. The molecule has 20 heavy (non-hydrogen) atoms. The number of pyridine rings is 2. The Morgan fingerprint density at radius 2 is 2.20 bits per heavy atom. The van der Waals surface area contributed by atoms with Crippen LogP contribution < -0.4 is 10.1 Å². The van der Waals surface area contributed by atoms with Crippen molar-refractivity contribution in [2.45, 2.75) is 20.0 Å². The van der Waals surface area contributed by atoms with Gasteiger partial charge in [-0.3, -0.25) is 9.78 Å². The second-order valence-electron chi connectivity index (χ2n) is 4.49. The molecular formula is C15H17N3O2. The van der Waals surface area contributed by atoms with Gasteiger partial charge in [-0.2, -0.15) is 0 Å². The van der Waals surface area contributed by atoms with Crippen LogP contribution in [0, 0.1) is 6.92 Å². The van der Waals surface area contributed by atoms with Crippen molar-refractivity contribution in [3.63, 3.8) is 0 Å². The zero-order valence-electron chi connectivity index (χ0n) is 11.5. The molecule has 0 unspecified atom stereocenters. The van der Waals surface area contributed by atoms with E-state index in [9.17, 15) is 4.79 Å². The first-order chi connectivity index (χ1) is 9.65. The number of aromatic nitrogens is 2. The monoisotopic (exact) mass is 271 g/mol.